The Hall–Kier alpha value is -2.11. The summed E-state index contributed by atoms with van der Waals surface area (Å²) in [6.45, 7) is 3.02. The number of rotatable bonds is 1. The molecule has 0 aliphatic carbocycles. The fourth-order valence-corrected chi connectivity index (χ4v) is 3.94. The molecule has 3 aliphatic heterocycles. The zero-order valence-corrected chi connectivity index (χ0v) is 13.2. The number of nitrogens with one attached hydrogen (secondary N) is 2. The number of anilines is 1. The Kier molecular flexibility index (Phi) is 3.47. The third kappa shape index (κ3) is 2.46. The number of hydrogen-bond donors (Lipinski definition) is 2. The number of piperidine rings is 1. The van der Waals surface area contributed by atoms with Crippen LogP contribution in [0.15, 0.2) is 12.1 Å². The van der Waals surface area contributed by atoms with Crippen molar-refractivity contribution in [3.05, 3.63) is 23.5 Å². The van der Waals surface area contributed by atoms with Crippen molar-refractivity contribution >= 4 is 17.5 Å². The highest BCUT2D eigenvalue weighted by molar-refractivity contribution is 5.93. The predicted octanol–water partition coefficient (Wildman–Crippen LogP) is 1.18. The number of pyridine rings is 1. The van der Waals surface area contributed by atoms with Gasteiger partial charge in [-0.1, -0.05) is 0 Å². The van der Waals surface area contributed by atoms with Crippen molar-refractivity contribution in [1.29, 1.82) is 0 Å². The molecule has 6 heteroatoms. The van der Waals surface area contributed by atoms with Crippen LogP contribution in [-0.2, 0) is 11.2 Å². The van der Waals surface area contributed by atoms with Gasteiger partial charge in [0.15, 0.2) is 0 Å². The molecule has 2 fully saturated rings. The zero-order chi connectivity index (χ0) is 15.9. The summed E-state index contributed by atoms with van der Waals surface area (Å²) in [6, 6.07) is 3.77. The van der Waals surface area contributed by atoms with Crippen LogP contribution in [0.5, 0.6) is 0 Å². The van der Waals surface area contributed by atoms with Crippen LogP contribution in [0.25, 0.3) is 0 Å². The molecule has 0 unspecified atom stereocenters. The Morgan fingerprint density at radius 2 is 1.96 bits per heavy atom. The van der Waals surface area contributed by atoms with Crippen LogP contribution >= 0.6 is 0 Å². The second-order valence-corrected chi connectivity index (χ2v) is 6.80. The second kappa shape index (κ2) is 5.51. The van der Waals surface area contributed by atoms with Gasteiger partial charge in [0.05, 0.1) is 16.8 Å². The molecule has 2 saturated heterocycles. The van der Waals surface area contributed by atoms with Crippen molar-refractivity contribution in [2.24, 2.45) is 5.41 Å². The smallest absolute Gasteiger partial charge is 0.272 e. The molecule has 4 heterocycles. The maximum Gasteiger partial charge on any atom is 0.272 e. The lowest BCUT2D eigenvalue weighted by atomic mass is 9.77. The molecule has 2 N–H and O–H groups in total. The van der Waals surface area contributed by atoms with Crippen LogP contribution in [0.3, 0.4) is 0 Å². The molecule has 2 amide bonds. The van der Waals surface area contributed by atoms with Crippen LogP contribution in [0.1, 0.15) is 41.9 Å². The number of aromatic nitrogens is 1. The summed E-state index contributed by atoms with van der Waals surface area (Å²) in [4.78, 5) is 31.1. The topological polar surface area (TPSA) is 74.3 Å². The van der Waals surface area contributed by atoms with Crippen molar-refractivity contribution in [2.75, 3.05) is 31.5 Å². The van der Waals surface area contributed by atoms with Crippen molar-refractivity contribution in [3.63, 3.8) is 0 Å². The van der Waals surface area contributed by atoms with Gasteiger partial charge < -0.3 is 15.5 Å². The van der Waals surface area contributed by atoms with Crippen LogP contribution < -0.4 is 10.6 Å². The molecule has 0 radical (unpaired) electrons. The fourth-order valence-electron chi connectivity index (χ4n) is 3.94. The average molecular weight is 314 g/mol. The van der Waals surface area contributed by atoms with E-state index in [1.54, 1.807) is 0 Å². The third-order valence-corrected chi connectivity index (χ3v) is 5.48. The zero-order valence-electron chi connectivity index (χ0n) is 13.2. The van der Waals surface area contributed by atoms with Crippen LogP contribution in [0.2, 0.25) is 0 Å². The molecule has 1 aromatic heterocycles. The molecule has 1 aromatic rings. The number of nitrogens with zero attached hydrogens (tertiary/aromatic N) is 2. The maximum atomic E-state index is 12.7. The lowest BCUT2D eigenvalue weighted by Gasteiger charge is -2.37. The summed E-state index contributed by atoms with van der Waals surface area (Å²) >= 11 is 0. The molecule has 3 aliphatic rings. The van der Waals surface area contributed by atoms with Gasteiger partial charge in [-0.05, 0) is 44.2 Å². The first-order valence-electron chi connectivity index (χ1n) is 8.49. The number of fused-ring (bicyclic) bond motifs is 1. The standard InChI is InChI=1S/C17H22N4O2/c22-15(14-4-3-12-13(20-14)2-1-8-18-12)21-10-6-17(7-11-21)5-9-19-16(17)23/h3-4,18H,1-2,5-11H2,(H,19,23). The van der Waals surface area contributed by atoms with E-state index in [0.29, 0.717) is 18.8 Å². The highest BCUT2D eigenvalue weighted by Gasteiger charge is 2.45. The molecule has 0 aromatic carbocycles. The summed E-state index contributed by atoms with van der Waals surface area (Å²) in [7, 11) is 0. The Balaban J connectivity index is 1.47. The SMILES string of the molecule is O=C(c1ccc2c(n1)CCCN2)N1CCC2(CCNC2=O)CC1. The quantitative estimate of drug-likeness (QED) is 0.816. The van der Waals surface area contributed by atoms with Crippen molar-refractivity contribution in [1.82, 2.24) is 15.2 Å². The Morgan fingerprint density at radius 1 is 1.13 bits per heavy atom. The summed E-state index contributed by atoms with van der Waals surface area (Å²) < 4.78 is 0. The lowest BCUT2D eigenvalue weighted by molar-refractivity contribution is -0.129. The van der Waals surface area contributed by atoms with Gasteiger partial charge in [0.1, 0.15) is 5.69 Å². The van der Waals surface area contributed by atoms with Crippen LogP contribution in [0.4, 0.5) is 5.69 Å². The minimum Gasteiger partial charge on any atom is -0.384 e. The summed E-state index contributed by atoms with van der Waals surface area (Å²) in [5, 5.41) is 6.24. The molecular formula is C17H22N4O2. The largest absolute Gasteiger partial charge is 0.384 e. The van der Waals surface area contributed by atoms with Gasteiger partial charge in [-0.3, -0.25) is 9.59 Å². The molecule has 4 rings (SSSR count). The Morgan fingerprint density at radius 3 is 2.70 bits per heavy atom. The minimum atomic E-state index is -0.232. The first kappa shape index (κ1) is 14.5. The predicted molar refractivity (Wildman–Crippen MR) is 86.2 cm³/mol. The van der Waals surface area contributed by atoms with Gasteiger partial charge in [0.25, 0.3) is 5.91 Å². The monoisotopic (exact) mass is 314 g/mol. The van der Waals surface area contributed by atoms with Gasteiger partial charge in [-0.25, -0.2) is 4.98 Å². The molecular weight excluding hydrogens is 292 g/mol. The molecule has 6 nitrogen and oxygen atoms in total. The van der Waals surface area contributed by atoms with E-state index in [0.717, 1.165) is 56.6 Å². The average Bonchev–Trinajstić information content (AvgIpc) is 2.95. The summed E-state index contributed by atoms with van der Waals surface area (Å²) in [5.41, 5.74) is 2.34. The number of amides is 2. The van der Waals surface area contributed by atoms with Gasteiger partial charge in [-0.15, -0.1) is 0 Å². The number of hydrogen-bond acceptors (Lipinski definition) is 4. The summed E-state index contributed by atoms with van der Waals surface area (Å²) in [5.74, 6) is 0.161. The van der Waals surface area contributed by atoms with E-state index >= 15 is 0 Å². The summed E-state index contributed by atoms with van der Waals surface area (Å²) in [6.07, 6.45) is 4.40. The highest BCUT2D eigenvalue weighted by Crippen LogP contribution is 2.38. The van der Waals surface area contributed by atoms with Gasteiger partial charge >= 0.3 is 0 Å². The van der Waals surface area contributed by atoms with E-state index < -0.39 is 0 Å². The number of carbonyl (C=O) groups excluding carboxylic acids is 2. The van der Waals surface area contributed by atoms with E-state index in [9.17, 15) is 9.59 Å². The van der Waals surface area contributed by atoms with E-state index in [2.05, 4.69) is 15.6 Å². The normalized spacial score (nSPS) is 22.4. The van der Waals surface area contributed by atoms with Gasteiger partial charge in [0.2, 0.25) is 5.91 Å². The van der Waals surface area contributed by atoms with E-state index in [4.69, 9.17) is 0 Å². The molecule has 122 valence electrons. The van der Waals surface area contributed by atoms with Crippen molar-refractivity contribution in [3.8, 4) is 0 Å². The first-order chi connectivity index (χ1) is 11.2. The lowest BCUT2D eigenvalue weighted by Crippen LogP contribution is -2.46. The first-order valence-corrected chi connectivity index (χ1v) is 8.49. The molecule has 0 bridgehead atoms. The highest BCUT2D eigenvalue weighted by atomic mass is 16.2. The third-order valence-electron chi connectivity index (χ3n) is 5.48. The maximum absolute atomic E-state index is 12.7. The van der Waals surface area contributed by atoms with Crippen molar-refractivity contribution < 1.29 is 9.59 Å². The van der Waals surface area contributed by atoms with E-state index in [-0.39, 0.29) is 17.2 Å². The Labute approximate surface area is 135 Å². The van der Waals surface area contributed by atoms with Crippen molar-refractivity contribution in [2.45, 2.75) is 32.1 Å². The van der Waals surface area contributed by atoms with E-state index in [1.165, 1.54) is 0 Å². The Bertz CT molecular complexity index is 650. The molecule has 0 atom stereocenters. The number of carbonyl (C=O) groups is 2. The van der Waals surface area contributed by atoms with E-state index in [1.807, 2.05) is 17.0 Å². The molecule has 1 spiro atoms. The minimum absolute atomic E-state index is 0.00775. The van der Waals surface area contributed by atoms with Crippen LogP contribution in [-0.4, -0.2) is 47.9 Å². The number of aryl methyl sites for hydroxylation is 1. The van der Waals surface area contributed by atoms with Gasteiger partial charge in [-0.2, -0.15) is 0 Å². The van der Waals surface area contributed by atoms with Crippen LogP contribution in [0, 0.1) is 5.41 Å². The molecule has 0 saturated carbocycles. The molecule has 23 heavy (non-hydrogen) atoms. The van der Waals surface area contributed by atoms with Gasteiger partial charge in [0, 0.05) is 26.2 Å². The number of likely N-dealkylation sites (tertiary alicyclic amines) is 1. The second-order valence-electron chi connectivity index (χ2n) is 6.80. The fraction of sp³-hybridized carbons (Fsp3) is 0.588.